The number of H-pyrrole nitrogens is 1. The van der Waals surface area contributed by atoms with Gasteiger partial charge < -0.3 is 15.4 Å². The fraction of sp³-hybridized carbons (Fsp3) is 0.286. The summed E-state index contributed by atoms with van der Waals surface area (Å²) in [5.74, 6) is -0.905. The second-order valence-electron chi connectivity index (χ2n) is 6.81. The number of fused-ring (bicyclic) bond motifs is 1. The van der Waals surface area contributed by atoms with Crippen LogP contribution in [0.2, 0.25) is 0 Å². The van der Waals surface area contributed by atoms with Crippen molar-refractivity contribution >= 4 is 16.8 Å². The van der Waals surface area contributed by atoms with E-state index in [2.05, 4.69) is 10.3 Å². The number of aromatic amines is 1. The first kappa shape index (κ1) is 19.0. The number of aliphatic hydroxyl groups excluding tert-OH is 1. The van der Waals surface area contributed by atoms with Crippen LogP contribution in [0.25, 0.3) is 22.2 Å². The molecule has 0 saturated carbocycles. The van der Waals surface area contributed by atoms with Crippen LogP contribution in [-0.2, 0) is 11.2 Å². The predicted octanol–water partition coefficient (Wildman–Crippen LogP) is 3.85. The van der Waals surface area contributed by atoms with Crippen molar-refractivity contribution in [3.63, 3.8) is 0 Å². The number of aryl methyl sites for hydroxylation is 2. The van der Waals surface area contributed by atoms with E-state index in [1.807, 2.05) is 13.0 Å². The summed E-state index contributed by atoms with van der Waals surface area (Å²) in [5, 5.41) is 12.5. The zero-order valence-corrected chi connectivity index (χ0v) is 15.3. The van der Waals surface area contributed by atoms with Crippen LogP contribution in [0.4, 0.5) is 8.78 Å². The number of rotatable bonds is 6. The summed E-state index contributed by atoms with van der Waals surface area (Å²) >= 11 is 0. The third-order valence-corrected chi connectivity index (χ3v) is 4.53. The molecule has 0 aliphatic carbocycles. The number of aliphatic hydroxyl groups is 1. The summed E-state index contributed by atoms with van der Waals surface area (Å²) in [6.07, 6.45) is 0.584. The molecule has 6 heteroatoms. The highest BCUT2D eigenvalue weighted by Gasteiger charge is 2.18. The van der Waals surface area contributed by atoms with Gasteiger partial charge in [0.05, 0.1) is 12.1 Å². The Morgan fingerprint density at radius 1 is 1.22 bits per heavy atom. The maximum Gasteiger partial charge on any atom is 0.220 e. The van der Waals surface area contributed by atoms with Gasteiger partial charge in [-0.3, -0.25) is 4.79 Å². The first-order valence-electron chi connectivity index (χ1n) is 8.86. The predicted molar refractivity (Wildman–Crippen MR) is 101 cm³/mol. The number of halogens is 2. The van der Waals surface area contributed by atoms with Gasteiger partial charge in [0, 0.05) is 23.5 Å². The molecule has 1 amide bonds. The van der Waals surface area contributed by atoms with E-state index in [4.69, 9.17) is 5.11 Å². The van der Waals surface area contributed by atoms with Crippen molar-refractivity contribution in [1.82, 2.24) is 10.3 Å². The van der Waals surface area contributed by atoms with Gasteiger partial charge in [-0.25, -0.2) is 8.78 Å². The third kappa shape index (κ3) is 4.17. The monoisotopic (exact) mass is 372 g/mol. The van der Waals surface area contributed by atoms with Crippen LogP contribution in [0, 0.1) is 18.6 Å². The number of amides is 1. The molecule has 2 aromatic carbocycles. The number of nitrogens with one attached hydrogen (secondary N) is 2. The zero-order valence-electron chi connectivity index (χ0n) is 15.3. The van der Waals surface area contributed by atoms with Gasteiger partial charge in [-0.1, -0.05) is 0 Å². The average molecular weight is 372 g/mol. The van der Waals surface area contributed by atoms with Gasteiger partial charge in [0.25, 0.3) is 0 Å². The molecule has 27 heavy (non-hydrogen) atoms. The Morgan fingerprint density at radius 2 is 1.93 bits per heavy atom. The van der Waals surface area contributed by atoms with Crippen LogP contribution in [0.1, 0.15) is 24.5 Å². The minimum atomic E-state index is -0.363. The minimum Gasteiger partial charge on any atom is -0.394 e. The van der Waals surface area contributed by atoms with Crippen LogP contribution < -0.4 is 5.32 Å². The number of hydrogen-bond donors (Lipinski definition) is 3. The lowest BCUT2D eigenvalue weighted by molar-refractivity contribution is -0.121. The molecule has 0 spiro atoms. The molecule has 0 saturated heterocycles. The molecule has 0 aliphatic rings. The first-order valence-corrected chi connectivity index (χ1v) is 8.86. The lowest BCUT2D eigenvalue weighted by Crippen LogP contribution is -2.35. The van der Waals surface area contributed by atoms with Crippen molar-refractivity contribution in [3.05, 3.63) is 59.2 Å². The van der Waals surface area contributed by atoms with Crippen molar-refractivity contribution in [3.8, 4) is 11.3 Å². The molecule has 0 fully saturated rings. The summed E-state index contributed by atoms with van der Waals surface area (Å²) < 4.78 is 27.7. The van der Waals surface area contributed by atoms with E-state index in [1.165, 1.54) is 18.2 Å². The van der Waals surface area contributed by atoms with Crippen LogP contribution in [0.5, 0.6) is 0 Å². The molecule has 1 unspecified atom stereocenters. The van der Waals surface area contributed by atoms with Crippen molar-refractivity contribution in [2.75, 3.05) is 6.61 Å². The van der Waals surface area contributed by atoms with Gasteiger partial charge in [-0.15, -0.1) is 0 Å². The largest absolute Gasteiger partial charge is 0.394 e. The van der Waals surface area contributed by atoms with Crippen molar-refractivity contribution in [2.45, 2.75) is 32.7 Å². The maximum absolute atomic E-state index is 14.4. The average Bonchev–Trinajstić information content (AvgIpc) is 2.99. The molecule has 4 nitrogen and oxygen atoms in total. The molecule has 1 atom stereocenters. The fourth-order valence-electron chi connectivity index (χ4n) is 3.20. The molecular weight excluding hydrogens is 350 g/mol. The number of hydrogen-bond acceptors (Lipinski definition) is 2. The van der Waals surface area contributed by atoms with Gasteiger partial charge in [-0.2, -0.15) is 0 Å². The number of aromatic nitrogens is 1. The Kier molecular flexibility index (Phi) is 5.56. The smallest absolute Gasteiger partial charge is 0.220 e. The molecule has 3 rings (SSSR count). The number of benzene rings is 2. The highest BCUT2D eigenvalue weighted by atomic mass is 19.1. The van der Waals surface area contributed by atoms with E-state index in [9.17, 15) is 13.6 Å². The molecule has 3 aromatic rings. The van der Waals surface area contributed by atoms with Gasteiger partial charge in [-0.05, 0) is 73.4 Å². The van der Waals surface area contributed by atoms with Crippen LogP contribution in [0.15, 0.2) is 36.4 Å². The molecular formula is C21H22F2N2O2. The number of carbonyl (C=O) groups is 1. The van der Waals surface area contributed by atoms with E-state index < -0.39 is 0 Å². The van der Waals surface area contributed by atoms with Crippen LogP contribution >= 0.6 is 0 Å². The second kappa shape index (κ2) is 7.88. The first-order chi connectivity index (χ1) is 12.9. The standard InChI is InChI=1S/C21H22F2N2O2/c1-12-9-17-16(7-8-19(27)24-13(2)11-26)20(25-21(17)18(23)10-12)14-3-5-15(22)6-4-14/h3-6,9-10,13,25-26H,7-8,11H2,1-2H3,(H,24,27). The Balaban J connectivity index is 2.01. The van der Waals surface area contributed by atoms with Gasteiger partial charge in [0.2, 0.25) is 5.91 Å². The van der Waals surface area contributed by atoms with Crippen molar-refractivity contribution < 1.29 is 18.7 Å². The second-order valence-corrected chi connectivity index (χ2v) is 6.81. The Labute approximate surface area is 156 Å². The summed E-state index contributed by atoms with van der Waals surface area (Å²) in [4.78, 5) is 15.2. The minimum absolute atomic E-state index is 0.135. The molecule has 1 aromatic heterocycles. The summed E-state index contributed by atoms with van der Waals surface area (Å²) in [6.45, 7) is 3.39. The highest BCUT2D eigenvalue weighted by molar-refractivity contribution is 5.92. The molecule has 0 radical (unpaired) electrons. The lowest BCUT2D eigenvalue weighted by atomic mass is 10.00. The van der Waals surface area contributed by atoms with Gasteiger partial charge >= 0.3 is 0 Å². The molecule has 3 N–H and O–H groups in total. The van der Waals surface area contributed by atoms with E-state index >= 15 is 0 Å². The highest BCUT2D eigenvalue weighted by Crippen LogP contribution is 2.33. The van der Waals surface area contributed by atoms with Crippen LogP contribution in [0.3, 0.4) is 0 Å². The zero-order chi connectivity index (χ0) is 19.6. The van der Waals surface area contributed by atoms with Gasteiger partial charge in [0.15, 0.2) is 0 Å². The third-order valence-electron chi connectivity index (χ3n) is 4.53. The lowest BCUT2D eigenvalue weighted by Gasteiger charge is -2.11. The molecule has 142 valence electrons. The SMILES string of the molecule is Cc1cc(F)c2[nH]c(-c3ccc(F)cc3)c(CCC(=O)NC(C)CO)c2c1. The quantitative estimate of drug-likeness (QED) is 0.615. The van der Waals surface area contributed by atoms with Crippen molar-refractivity contribution in [2.24, 2.45) is 0 Å². The Bertz CT molecular complexity index is 964. The van der Waals surface area contributed by atoms with Gasteiger partial charge in [0.1, 0.15) is 11.6 Å². The van der Waals surface area contributed by atoms with Crippen LogP contribution in [-0.4, -0.2) is 28.6 Å². The molecule has 0 aliphatic heterocycles. The normalized spacial score (nSPS) is 12.3. The van der Waals surface area contributed by atoms with E-state index in [1.54, 1.807) is 19.1 Å². The molecule has 0 bridgehead atoms. The van der Waals surface area contributed by atoms with E-state index in [-0.39, 0.29) is 36.6 Å². The summed E-state index contributed by atoms with van der Waals surface area (Å²) in [5.41, 5.74) is 3.37. The maximum atomic E-state index is 14.4. The Hall–Kier alpha value is -2.73. The van der Waals surface area contributed by atoms with E-state index in [0.29, 0.717) is 17.6 Å². The van der Waals surface area contributed by atoms with Crippen molar-refractivity contribution in [1.29, 1.82) is 0 Å². The Morgan fingerprint density at radius 3 is 2.59 bits per heavy atom. The molecule has 1 heterocycles. The summed E-state index contributed by atoms with van der Waals surface area (Å²) in [7, 11) is 0. The van der Waals surface area contributed by atoms with E-state index in [0.717, 1.165) is 22.1 Å². The number of carbonyl (C=O) groups excluding carboxylic acids is 1. The summed E-state index contributed by atoms with van der Waals surface area (Å²) in [6, 6.07) is 8.96. The fourth-order valence-corrected chi connectivity index (χ4v) is 3.20. The topological polar surface area (TPSA) is 65.1 Å².